The molecule has 0 aromatic carbocycles. The number of rotatable bonds is 6. The van der Waals surface area contributed by atoms with E-state index in [1.54, 1.807) is 18.7 Å². The molecule has 0 aromatic heterocycles. The van der Waals surface area contributed by atoms with Crippen LogP contribution >= 0.6 is 11.8 Å². The Hall–Kier alpha value is -1.09. The molecule has 1 amide bonds. The molecule has 4 rings (SSSR count). The summed E-state index contributed by atoms with van der Waals surface area (Å²) in [5, 5.41) is 23.6. The maximum absolute atomic E-state index is 12.5. The van der Waals surface area contributed by atoms with E-state index < -0.39 is 18.0 Å². The van der Waals surface area contributed by atoms with E-state index >= 15 is 0 Å². The molecule has 0 aliphatic carbocycles. The van der Waals surface area contributed by atoms with Crippen molar-refractivity contribution in [3.05, 3.63) is 10.6 Å². The highest BCUT2D eigenvalue weighted by atomic mass is 32.2. The van der Waals surface area contributed by atoms with Gasteiger partial charge in [-0.25, -0.2) is 4.79 Å². The zero-order chi connectivity index (χ0) is 20.9. The molecule has 29 heavy (non-hydrogen) atoms. The molecule has 3 saturated heterocycles. The van der Waals surface area contributed by atoms with Gasteiger partial charge in [0.25, 0.3) is 0 Å². The van der Waals surface area contributed by atoms with E-state index in [9.17, 15) is 19.8 Å². The highest BCUT2D eigenvalue weighted by molar-refractivity contribution is 8.03. The Labute approximate surface area is 176 Å². The highest BCUT2D eigenvalue weighted by Gasteiger charge is 2.60. The first-order valence-electron chi connectivity index (χ1n) is 10.9. The van der Waals surface area contributed by atoms with Gasteiger partial charge in [0.1, 0.15) is 5.70 Å². The summed E-state index contributed by atoms with van der Waals surface area (Å²) in [6, 6.07) is 0.333. The van der Waals surface area contributed by atoms with Crippen LogP contribution in [-0.4, -0.2) is 81.5 Å². The summed E-state index contributed by atoms with van der Waals surface area (Å²) in [4.78, 5) is 29.3. The lowest BCUT2D eigenvalue weighted by atomic mass is 9.79. The molecule has 6 atom stereocenters. The summed E-state index contributed by atoms with van der Waals surface area (Å²) in [5.74, 6) is -1.09. The molecule has 162 valence electrons. The summed E-state index contributed by atoms with van der Waals surface area (Å²) < 4.78 is 0. The number of β-lactam (4-membered cyclic amide) rings is 1. The van der Waals surface area contributed by atoms with Crippen LogP contribution in [0.25, 0.3) is 0 Å². The summed E-state index contributed by atoms with van der Waals surface area (Å²) in [5.41, 5.74) is 0.152. The Balaban J connectivity index is 1.45. The lowest BCUT2D eigenvalue weighted by Crippen LogP contribution is -2.63. The minimum Gasteiger partial charge on any atom is -0.477 e. The van der Waals surface area contributed by atoms with Crippen molar-refractivity contribution in [1.29, 1.82) is 0 Å². The second-order valence-corrected chi connectivity index (χ2v) is 10.5. The molecule has 8 heteroatoms. The van der Waals surface area contributed by atoms with Crippen molar-refractivity contribution in [2.45, 2.75) is 63.5 Å². The van der Waals surface area contributed by atoms with Crippen molar-refractivity contribution in [3.63, 3.8) is 0 Å². The Morgan fingerprint density at radius 1 is 1.24 bits per heavy atom. The molecule has 4 aliphatic heterocycles. The van der Waals surface area contributed by atoms with Gasteiger partial charge in [0.2, 0.25) is 5.91 Å². The third-order valence-electron chi connectivity index (χ3n) is 7.42. The first-order valence-corrected chi connectivity index (χ1v) is 11.8. The first kappa shape index (κ1) is 21.2. The van der Waals surface area contributed by atoms with Crippen LogP contribution in [0.15, 0.2) is 10.6 Å². The van der Waals surface area contributed by atoms with Crippen LogP contribution < -0.4 is 5.32 Å². The quantitative estimate of drug-likeness (QED) is 0.555. The average molecular weight is 424 g/mol. The minimum absolute atomic E-state index is 0.0423. The van der Waals surface area contributed by atoms with Crippen molar-refractivity contribution in [2.24, 2.45) is 17.8 Å². The minimum atomic E-state index is -1.03. The smallest absolute Gasteiger partial charge is 0.353 e. The molecule has 0 spiro atoms. The lowest BCUT2D eigenvalue weighted by molar-refractivity contribution is -0.163. The van der Waals surface area contributed by atoms with Crippen LogP contribution in [-0.2, 0) is 9.59 Å². The largest absolute Gasteiger partial charge is 0.477 e. The van der Waals surface area contributed by atoms with E-state index in [4.69, 9.17) is 0 Å². The Morgan fingerprint density at radius 3 is 2.55 bits per heavy atom. The van der Waals surface area contributed by atoms with Gasteiger partial charge in [-0.15, -0.1) is 11.8 Å². The number of nitrogens with one attached hydrogen (secondary N) is 1. The van der Waals surface area contributed by atoms with Crippen LogP contribution in [0.3, 0.4) is 0 Å². The number of carboxylic acid groups (broad SMARTS) is 1. The number of carboxylic acids is 1. The van der Waals surface area contributed by atoms with Crippen molar-refractivity contribution in [1.82, 2.24) is 15.1 Å². The monoisotopic (exact) mass is 423 g/mol. The number of carbonyl (C=O) groups excluding carboxylic acids is 1. The first-order chi connectivity index (χ1) is 13.8. The molecule has 4 heterocycles. The third-order valence-corrected chi connectivity index (χ3v) is 8.96. The van der Waals surface area contributed by atoms with E-state index in [1.165, 1.54) is 17.7 Å². The van der Waals surface area contributed by atoms with E-state index in [1.807, 2.05) is 6.92 Å². The molecule has 0 radical (unpaired) electrons. The maximum Gasteiger partial charge on any atom is 0.353 e. The second kappa shape index (κ2) is 8.21. The zero-order valence-corrected chi connectivity index (χ0v) is 18.3. The number of hydrogen-bond acceptors (Lipinski definition) is 6. The average Bonchev–Trinajstić information content (AvgIpc) is 3.24. The number of thioether (sulfide) groups is 1. The fourth-order valence-electron chi connectivity index (χ4n) is 5.70. The van der Waals surface area contributed by atoms with Crippen LogP contribution in [0.4, 0.5) is 0 Å². The molecular weight excluding hydrogens is 390 g/mol. The van der Waals surface area contributed by atoms with Gasteiger partial charge in [0.05, 0.1) is 18.1 Å². The van der Waals surface area contributed by atoms with Crippen molar-refractivity contribution >= 4 is 23.6 Å². The standard InChI is InChI=1S/C21H33N3O4S/c1-11-17-16(13(3)25)20(26)24(17)18(21(27)28)19(11)29-15-6-9-23(10-15)12(2)14-4-7-22-8-5-14/h11-17,22,25H,4-10H2,1-3H3,(H,27,28)/t11-,12?,13-,15-,16-,17-/m1/s1. The number of fused-ring (bicyclic) bond motifs is 1. The SMILES string of the molecule is CC(C1CCNCC1)N1CC[C@@H](SC2=C(C(=O)O)N3C(=O)[C@H]([C@@H](C)O)[C@H]3[C@H]2C)C1. The zero-order valence-electron chi connectivity index (χ0n) is 17.5. The number of aliphatic hydroxyl groups is 1. The highest BCUT2D eigenvalue weighted by Crippen LogP contribution is 2.52. The van der Waals surface area contributed by atoms with Gasteiger partial charge >= 0.3 is 5.97 Å². The van der Waals surface area contributed by atoms with Crippen LogP contribution in [0.1, 0.15) is 40.0 Å². The van der Waals surface area contributed by atoms with Gasteiger partial charge in [0.15, 0.2) is 0 Å². The molecule has 3 N–H and O–H groups in total. The fourth-order valence-corrected chi connectivity index (χ4v) is 7.20. The van der Waals surface area contributed by atoms with Crippen LogP contribution in [0.5, 0.6) is 0 Å². The third kappa shape index (κ3) is 3.62. The number of aliphatic hydroxyl groups excluding tert-OH is 1. The van der Waals surface area contributed by atoms with Crippen LogP contribution in [0, 0.1) is 17.8 Å². The number of aliphatic carboxylic acids is 1. The van der Waals surface area contributed by atoms with Gasteiger partial charge in [-0.05, 0) is 58.7 Å². The van der Waals surface area contributed by atoms with E-state index in [2.05, 4.69) is 17.1 Å². The number of piperidine rings is 1. The Bertz CT molecular complexity index is 706. The van der Waals surface area contributed by atoms with E-state index in [-0.39, 0.29) is 23.6 Å². The lowest BCUT2D eigenvalue weighted by Gasteiger charge is -2.46. The molecule has 3 fully saturated rings. The molecule has 0 bridgehead atoms. The number of nitrogens with zero attached hydrogens (tertiary/aromatic N) is 2. The Kier molecular flexibility index (Phi) is 5.99. The summed E-state index contributed by atoms with van der Waals surface area (Å²) in [6.07, 6.45) is 2.74. The molecule has 7 nitrogen and oxygen atoms in total. The number of likely N-dealkylation sites (tertiary alicyclic amines) is 1. The number of hydrogen-bond donors (Lipinski definition) is 3. The fraction of sp³-hybridized carbons (Fsp3) is 0.810. The van der Waals surface area contributed by atoms with Crippen molar-refractivity contribution in [3.8, 4) is 0 Å². The predicted molar refractivity (Wildman–Crippen MR) is 112 cm³/mol. The molecule has 4 aliphatic rings. The summed E-state index contributed by atoms with van der Waals surface area (Å²) >= 11 is 1.66. The number of amides is 1. The van der Waals surface area contributed by atoms with Crippen molar-refractivity contribution < 1.29 is 19.8 Å². The van der Waals surface area contributed by atoms with E-state index in [0.29, 0.717) is 11.3 Å². The normalized spacial score (nSPS) is 35.6. The molecule has 1 unspecified atom stereocenters. The summed E-state index contributed by atoms with van der Waals surface area (Å²) in [7, 11) is 0. The molecular formula is C21H33N3O4S. The van der Waals surface area contributed by atoms with Crippen molar-refractivity contribution in [2.75, 3.05) is 26.2 Å². The predicted octanol–water partition coefficient (Wildman–Crippen LogP) is 1.34. The Morgan fingerprint density at radius 2 is 1.93 bits per heavy atom. The maximum atomic E-state index is 12.5. The number of carbonyl (C=O) groups is 2. The van der Waals surface area contributed by atoms with Gasteiger partial charge in [-0.3, -0.25) is 9.69 Å². The molecule has 0 aromatic rings. The van der Waals surface area contributed by atoms with Gasteiger partial charge in [-0.2, -0.15) is 0 Å². The molecule has 0 saturated carbocycles. The summed E-state index contributed by atoms with van der Waals surface area (Å²) in [6.45, 7) is 10.2. The van der Waals surface area contributed by atoms with Gasteiger partial charge in [-0.1, -0.05) is 6.92 Å². The van der Waals surface area contributed by atoms with Gasteiger partial charge < -0.3 is 20.4 Å². The van der Waals surface area contributed by atoms with Gasteiger partial charge in [0, 0.05) is 28.7 Å². The van der Waals surface area contributed by atoms with Crippen LogP contribution in [0.2, 0.25) is 0 Å². The second-order valence-electron chi connectivity index (χ2n) is 9.12. The van der Waals surface area contributed by atoms with E-state index in [0.717, 1.165) is 43.4 Å². The topological polar surface area (TPSA) is 93.1 Å².